The summed E-state index contributed by atoms with van der Waals surface area (Å²) in [5.74, 6) is 1.42. The Balaban J connectivity index is 0.00000312. The molecule has 0 radical (unpaired) electrons. The van der Waals surface area contributed by atoms with E-state index in [1.807, 2.05) is 18.2 Å². The molecule has 25 heavy (non-hydrogen) atoms. The maximum atomic E-state index is 5.27. The number of aliphatic imine (C=N–C) groups is 1. The number of halogens is 1. The van der Waals surface area contributed by atoms with Gasteiger partial charge in [0, 0.05) is 31.4 Å². The standard InChI is InChI=1S/C19H26N4O.HI/c1-15(11-12-16-8-5-4-6-9-16)23-19(20-2)22-14-17-10-7-13-21-18(17)24-3;/h4-10,13,15H,11-12,14H2,1-3H3,(H2,20,22,23);1H. The molecule has 0 aliphatic heterocycles. The summed E-state index contributed by atoms with van der Waals surface area (Å²) in [6.45, 7) is 2.78. The highest BCUT2D eigenvalue weighted by atomic mass is 127. The number of hydrogen-bond donors (Lipinski definition) is 2. The summed E-state index contributed by atoms with van der Waals surface area (Å²) < 4.78 is 5.27. The Hall–Kier alpha value is -1.83. The normalized spacial score (nSPS) is 12.0. The molecule has 1 heterocycles. The van der Waals surface area contributed by atoms with E-state index in [2.05, 4.69) is 51.8 Å². The Labute approximate surface area is 167 Å². The van der Waals surface area contributed by atoms with Crippen LogP contribution in [0.1, 0.15) is 24.5 Å². The van der Waals surface area contributed by atoms with Gasteiger partial charge in [0.15, 0.2) is 5.96 Å². The Kier molecular flexibility index (Phi) is 9.91. The number of pyridine rings is 1. The molecule has 0 aliphatic rings. The van der Waals surface area contributed by atoms with Gasteiger partial charge < -0.3 is 15.4 Å². The van der Waals surface area contributed by atoms with E-state index in [1.54, 1.807) is 20.4 Å². The minimum Gasteiger partial charge on any atom is -0.481 e. The highest BCUT2D eigenvalue weighted by Crippen LogP contribution is 2.12. The first-order valence-corrected chi connectivity index (χ1v) is 8.22. The summed E-state index contributed by atoms with van der Waals surface area (Å²) in [7, 11) is 3.41. The summed E-state index contributed by atoms with van der Waals surface area (Å²) >= 11 is 0. The first-order valence-electron chi connectivity index (χ1n) is 8.22. The molecule has 1 aromatic carbocycles. The van der Waals surface area contributed by atoms with E-state index in [1.165, 1.54) is 5.56 Å². The fraction of sp³-hybridized carbons (Fsp3) is 0.368. The Bertz CT molecular complexity index is 649. The van der Waals surface area contributed by atoms with Crippen LogP contribution in [0.5, 0.6) is 5.88 Å². The number of nitrogens with one attached hydrogen (secondary N) is 2. The predicted octanol–water partition coefficient (Wildman–Crippen LogP) is 3.39. The summed E-state index contributed by atoms with van der Waals surface area (Å²) in [6.07, 6.45) is 3.81. The van der Waals surface area contributed by atoms with Crippen molar-refractivity contribution in [2.45, 2.75) is 32.4 Å². The van der Waals surface area contributed by atoms with Crippen LogP contribution >= 0.6 is 24.0 Å². The van der Waals surface area contributed by atoms with Gasteiger partial charge >= 0.3 is 0 Å². The fourth-order valence-electron chi connectivity index (χ4n) is 2.45. The lowest BCUT2D eigenvalue weighted by Crippen LogP contribution is -2.42. The number of rotatable bonds is 7. The monoisotopic (exact) mass is 454 g/mol. The smallest absolute Gasteiger partial charge is 0.218 e. The highest BCUT2D eigenvalue weighted by molar-refractivity contribution is 14.0. The van der Waals surface area contributed by atoms with Crippen LogP contribution in [-0.2, 0) is 13.0 Å². The number of methoxy groups -OCH3 is 1. The average Bonchev–Trinajstić information content (AvgIpc) is 2.64. The molecule has 5 nitrogen and oxygen atoms in total. The van der Waals surface area contributed by atoms with Gasteiger partial charge in [-0.25, -0.2) is 4.98 Å². The number of hydrogen-bond acceptors (Lipinski definition) is 3. The van der Waals surface area contributed by atoms with Crippen LogP contribution in [0.15, 0.2) is 53.7 Å². The van der Waals surface area contributed by atoms with Gasteiger partial charge in [-0.15, -0.1) is 24.0 Å². The minimum atomic E-state index is 0. The molecule has 0 bridgehead atoms. The minimum absolute atomic E-state index is 0. The zero-order valence-electron chi connectivity index (χ0n) is 15.0. The second-order valence-electron chi connectivity index (χ2n) is 5.67. The number of aryl methyl sites for hydroxylation is 1. The lowest BCUT2D eigenvalue weighted by atomic mass is 10.1. The SMILES string of the molecule is CN=C(NCc1cccnc1OC)NC(C)CCc1ccccc1.I. The molecule has 0 saturated heterocycles. The fourth-order valence-corrected chi connectivity index (χ4v) is 2.45. The molecule has 1 aromatic heterocycles. The van der Waals surface area contributed by atoms with E-state index in [4.69, 9.17) is 4.74 Å². The van der Waals surface area contributed by atoms with Gasteiger partial charge in [-0.2, -0.15) is 0 Å². The maximum absolute atomic E-state index is 5.27. The highest BCUT2D eigenvalue weighted by Gasteiger charge is 2.08. The summed E-state index contributed by atoms with van der Waals surface area (Å²) in [5.41, 5.74) is 2.36. The van der Waals surface area contributed by atoms with Crippen molar-refractivity contribution in [2.24, 2.45) is 4.99 Å². The van der Waals surface area contributed by atoms with Crippen LogP contribution in [0.3, 0.4) is 0 Å². The van der Waals surface area contributed by atoms with E-state index < -0.39 is 0 Å². The van der Waals surface area contributed by atoms with Gasteiger partial charge in [0.1, 0.15) is 0 Å². The third-order valence-electron chi connectivity index (χ3n) is 3.81. The molecule has 1 atom stereocenters. The summed E-state index contributed by atoms with van der Waals surface area (Å²) in [4.78, 5) is 8.49. The van der Waals surface area contributed by atoms with Crippen molar-refractivity contribution < 1.29 is 4.74 Å². The zero-order valence-corrected chi connectivity index (χ0v) is 17.4. The molecule has 1 unspecified atom stereocenters. The third-order valence-corrected chi connectivity index (χ3v) is 3.81. The van der Waals surface area contributed by atoms with E-state index in [0.717, 1.165) is 24.4 Å². The molecule has 136 valence electrons. The Morgan fingerprint density at radius 1 is 1.20 bits per heavy atom. The van der Waals surface area contributed by atoms with Gasteiger partial charge in [0.05, 0.1) is 7.11 Å². The van der Waals surface area contributed by atoms with Gasteiger partial charge in [0.25, 0.3) is 0 Å². The molecule has 2 N–H and O–H groups in total. The lowest BCUT2D eigenvalue weighted by molar-refractivity contribution is 0.392. The van der Waals surface area contributed by atoms with Crippen LogP contribution in [0.2, 0.25) is 0 Å². The third kappa shape index (κ3) is 7.29. The Morgan fingerprint density at radius 3 is 2.64 bits per heavy atom. The number of ether oxygens (including phenoxy) is 1. The number of aromatic nitrogens is 1. The first-order chi connectivity index (χ1) is 11.7. The van der Waals surface area contributed by atoms with Crippen LogP contribution < -0.4 is 15.4 Å². The molecule has 2 rings (SSSR count). The first kappa shape index (κ1) is 21.2. The van der Waals surface area contributed by atoms with Crippen molar-refractivity contribution in [3.05, 3.63) is 59.8 Å². The molecule has 6 heteroatoms. The number of nitrogens with zero attached hydrogens (tertiary/aromatic N) is 2. The number of benzene rings is 1. The van der Waals surface area contributed by atoms with Gasteiger partial charge in [0.2, 0.25) is 5.88 Å². The summed E-state index contributed by atoms with van der Waals surface area (Å²) in [6, 6.07) is 14.7. The molecule has 0 fully saturated rings. The molecule has 0 aliphatic carbocycles. The van der Waals surface area contributed by atoms with Gasteiger partial charge in [-0.1, -0.05) is 36.4 Å². The van der Waals surface area contributed by atoms with Gasteiger partial charge in [-0.3, -0.25) is 4.99 Å². The second-order valence-corrected chi connectivity index (χ2v) is 5.67. The molecular weight excluding hydrogens is 427 g/mol. The van der Waals surface area contributed by atoms with E-state index in [-0.39, 0.29) is 24.0 Å². The topological polar surface area (TPSA) is 58.5 Å². The predicted molar refractivity (Wildman–Crippen MR) is 114 cm³/mol. The van der Waals surface area contributed by atoms with Crippen LogP contribution in [0, 0.1) is 0 Å². The molecule has 2 aromatic rings. The molecule has 0 spiro atoms. The van der Waals surface area contributed by atoms with Crippen molar-refractivity contribution in [3.8, 4) is 5.88 Å². The molecular formula is C19H27IN4O. The summed E-state index contributed by atoms with van der Waals surface area (Å²) in [5, 5.41) is 6.73. The van der Waals surface area contributed by atoms with Crippen molar-refractivity contribution in [2.75, 3.05) is 14.2 Å². The van der Waals surface area contributed by atoms with E-state index in [0.29, 0.717) is 18.5 Å². The van der Waals surface area contributed by atoms with Gasteiger partial charge in [-0.05, 0) is 31.4 Å². The molecule has 0 amide bonds. The average molecular weight is 454 g/mol. The maximum Gasteiger partial charge on any atom is 0.218 e. The van der Waals surface area contributed by atoms with Crippen LogP contribution in [0.4, 0.5) is 0 Å². The largest absolute Gasteiger partial charge is 0.481 e. The zero-order chi connectivity index (χ0) is 17.2. The molecule has 0 saturated carbocycles. The van der Waals surface area contributed by atoms with Crippen LogP contribution in [-0.4, -0.2) is 31.1 Å². The van der Waals surface area contributed by atoms with Crippen molar-refractivity contribution >= 4 is 29.9 Å². The second kappa shape index (κ2) is 11.7. The van der Waals surface area contributed by atoms with Crippen molar-refractivity contribution in [3.63, 3.8) is 0 Å². The van der Waals surface area contributed by atoms with Crippen molar-refractivity contribution in [1.82, 2.24) is 15.6 Å². The van der Waals surface area contributed by atoms with Crippen LogP contribution in [0.25, 0.3) is 0 Å². The van der Waals surface area contributed by atoms with E-state index in [9.17, 15) is 0 Å². The lowest BCUT2D eigenvalue weighted by Gasteiger charge is -2.18. The van der Waals surface area contributed by atoms with Crippen molar-refractivity contribution in [1.29, 1.82) is 0 Å². The number of guanidine groups is 1. The Morgan fingerprint density at radius 2 is 1.96 bits per heavy atom. The quantitative estimate of drug-likeness (QED) is 0.383. The van der Waals surface area contributed by atoms with E-state index >= 15 is 0 Å².